The highest BCUT2D eigenvalue weighted by Gasteiger charge is 2.44. The van der Waals surface area contributed by atoms with Crippen molar-refractivity contribution in [2.75, 3.05) is 26.2 Å². The first-order chi connectivity index (χ1) is 10.1. The summed E-state index contributed by atoms with van der Waals surface area (Å²) in [7, 11) is 0. The van der Waals surface area contributed by atoms with Crippen molar-refractivity contribution in [2.24, 2.45) is 23.7 Å². The van der Waals surface area contributed by atoms with Crippen LogP contribution in [0, 0.1) is 23.7 Å². The summed E-state index contributed by atoms with van der Waals surface area (Å²) in [4.78, 5) is 28.9. The average molecular weight is 292 g/mol. The van der Waals surface area contributed by atoms with E-state index in [0.29, 0.717) is 18.4 Å². The van der Waals surface area contributed by atoms with Crippen LogP contribution in [0.25, 0.3) is 0 Å². The van der Waals surface area contributed by atoms with Crippen LogP contribution in [0.1, 0.15) is 46.0 Å². The molecule has 2 saturated carbocycles. The van der Waals surface area contributed by atoms with Crippen molar-refractivity contribution in [1.29, 1.82) is 0 Å². The number of hydrogen-bond donors (Lipinski definition) is 0. The molecule has 0 unspecified atom stereocenters. The van der Waals surface area contributed by atoms with Crippen LogP contribution in [0.15, 0.2) is 0 Å². The van der Waals surface area contributed by atoms with Gasteiger partial charge in [-0.2, -0.15) is 0 Å². The summed E-state index contributed by atoms with van der Waals surface area (Å²) in [5.74, 6) is 2.41. The van der Waals surface area contributed by atoms with Crippen LogP contribution in [0.2, 0.25) is 0 Å². The van der Waals surface area contributed by atoms with Gasteiger partial charge in [0.15, 0.2) is 0 Å². The number of fused-ring (bicyclic) bond motifs is 2. The average Bonchev–Trinajstić information content (AvgIpc) is 3.01. The molecule has 1 aliphatic heterocycles. The lowest BCUT2D eigenvalue weighted by Gasteiger charge is -2.28. The van der Waals surface area contributed by atoms with Gasteiger partial charge in [-0.15, -0.1) is 0 Å². The van der Waals surface area contributed by atoms with Crippen molar-refractivity contribution < 1.29 is 9.59 Å². The predicted molar refractivity (Wildman–Crippen MR) is 81.6 cm³/mol. The maximum absolute atomic E-state index is 12.8. The van der Waals surface area contributed by atoms with E-state index in [4.69, 9.17) is 0 Å². The molecule has 2 aliphatic carbocycles. The van der Waals surface area contributed by atoms with Crippen LogP contribution >= 0.6 is 0 Å². The maximum Gasteiger partial charge on any atom is 0.226 e. The summed E-state index contributed by atoms with van der Waals surface area (Å²) in [6, 6.07) is 0. The second kappa shape index (κ2) is 5.98. The molecule has 4 heteroatoms. The van der Waals surface area contributed by atoms with Gasteiger partial charge in [0, 0.05) is 38.0 Å². The van der Waals surface area contributed by atoms with Crippen molar-refractivity contribution in [3.63, 3.8) is 0 Å². The standard InChI is InChI=1S/C17H28N2O2/c1-12(2)16(20)18-6-3-7-19(9-8-18)17(21)15-11-13-4-5-14(15)10-13/h12-15H,3-11H2,1-2H3/t13-,14+,15+/m0/s1. The van der Waals surface area contributed by atoms with Crippen molar-refractivity contribution in [3.05, 3.63) is 0 Å². The summed E-state index contributed by atoms with van der Waals surface area (Å²) in [6.07, 6.45) is 5.92. The first-order valence-corrected chi connectivity index (χ1v) is 8.64. The van der Waals surface area contributed by atoms with E-state index in [1.165, 1.54) is 19.3 Å². The highest BCUT2D eigenvalue weighted by atomic mass is 16.2. The van der Waals surface area contributed by atoms with Gasteiger partial charge in [-0.1, -0.05) is 20.3 Å². The van der Waals surface area contributed by atoms with Gasteiger partial charge >= 0.3 is 0 Å². The van der Waals surface area contributed by atoms with E-state index in [1.807, 2.05) is 23.6 Å². The third kappa shape index (κ3) is 2.95. The first kappa shape index (κ1) is 14.9. The molecule has 2 bridgehead atoms. The second-order valence-electron chi connectivity index (χ2n) is 7.44. The Bertz CT molecular complexity index is 421. The molecule has 3 atom stereocenters. The summed E-state index contributed by atoms with van der Waals surface area (Å²) >= 11 is 0. The fraction of sp³-hybridized carbons (Fsp3) is 0.882. The fourth-order valence-electron chi connectivity index (χ4n) is 4.51. The third-order valence-corrected chi connectivity index (χ3v) is 5.67. The van der Waals surface area contributed by atoms with Crippen LogP contribution in [-0.4, -0.2) is 47.8 Å². The molecule has 0 radical (unpaired) electrons. The van der Waals surface area contributed by atoms with Crippen LogP contribution in [0.5, 0.6) is 0 Å². The Kier molecular flexibility index (Phi) is 4.23. The lowest BCUT2D eigenvalue weighted by molar-refractivity contribution is -0.138. The Morgan fingerprint density at radius 1 is 0.952 bits per heavy atom. The quantitative estimate of drug-likeness (QED) is 0.782. The van der Waals surface area contributed by atoms with Gasteiger partial charge in [0.2, 0.25) is 11.8 Å². The van der Waals surface area contributed by atoms with E-state index in [1.54, 1.807) is 0 Å². The lowest BCUT2D eigenvalue weighted by Crippen LogP contribution is -2.41. The van der Waals surface area contributed by atoms with E-state index in [0.717, 1.165) is 38.4 Å². The number of rotatable bonds is 2. The van der Waals surface area contributed by atoms with Crippen molar-refractivity contribution in [3.8, 4) is 0 Å². The molecule has 1 saturated heterocycles. The zero-order valence-corrected chi connectivity index (χ0v) is 13.4. The highest BCUT2D eigenvalue weighted by molar-refractivity contribution is 5.80. The number of amides is 2. The minimum absolute atomic E-state index is 0.0535. The van der Waals surface area contributed by atoms with Crippen molar-refractivity contribution in [1.82, 2.24) is 9.80 Å². The molecule has 21 heavy (non-hydrogen) atoms. The molecule has 0 spiro atoms. The molecule has 1 heterocycles. The van der Waals surface area contributed by atoms with Gasteiger partial charge in [-0.25, -0.2) is 0 Å². The minimum Gasteiger partial charge on any atom is -0.341 e. The zero-order chi connectivity index (χ0) is 15.0. The number of carbonyl (C=O) groups excluding carboxylic acids is 2. The number of hydrogen-bond acceptors (Lipinski definition) is 2. The molecule has 0 aromatic carbocycles. The van der Waals surface area contributed by atoms with Crippen LogP contribution < -0.4 is 0 Å². The number of carbonyl (C=O) groups is 2. The zero-order valence-electron chi connectivity index (χ0n) is 13.4. The van der Waals surface area contributed by atoms with E-state index in [2.05, 4.69) is 0 Å². The van der Waals surface area contributed by atoms with Gasteiger partial charge in [-0.3, -0.25) is 9.59 Å². The molecule has 3 rings (SSSR count). The molecule has 2 amide bonds. The summed E-state index contributed by atoms with van der Waals surface area (Å²) in [6.45, 7) is 6.97. The number of nitrogens with zero attached hydrogens (tertiary/aromatic N) is 2. The molecule has 0 aromatic rings. The van der Waals surface area contributed by atoms with E-state index in [-0.39, 0.29) is 17.7 Å². The molecular weight excluding hydrogens is 264 g/mol. The molecule has 3 fully saturated rings. The monoisotopic (exact) mass is 292 g/mol. The molecule has 4 nitrogen and oxygen atoms in total. The highest BCUT2D eigenvalue weighted by Crippen LogP contribution is 2.48. The molecule has 0 N–H and O–H groups in total. The normalized spacial score (nSPS) is 32.6. The van der Waals surface area contributed by atoms with Gasteiger partial charge in [0.05, 0.1) is 0 Å². The third-order valence-electron chi connectivity index (χ3n) is 5.67. The Morgan fingerprint density at radius 3 is 2.29 bits per heavy atom. The Balaban J connectivity index is 1.57. The fourth-order valence-corrected chi connectivity index (χ4v) is 4.51. The summed E-state index contributed by atoms with van der Waals surface area (Å²) < 4.78 is 0. The summed E-state index contributed by atoms with van der Waals surface area (Å²) in [5.41, 5.74) is 0. The van der Waals surface area contributed by atoms with Crippen LogP contribution in [0.3, 0.4) is 0 Å². The lowest BCUT2D eigenvalue weighted by atomic mass is 9.87. The maximum atomic E-state index is 12.8. The van der Waals surface area contributed by atoms with Gasteiger partial charge in [-0.05, 0) is 37.5 Å². The molecule has 3 aliphatic rings. The van der Waals surface area contributed by atoms with Gasteiger partial charge < -0.3 is 9.80 Å². The molecule has 0 aromatic heterocycles. The van der Waals surface area contributed by atoms with Crippen LogP contribution in [-0.2, 0) is 9.59 Å². The van der Waals surface area contributed by atoms with Crippen molar-refractivity contribution >= 4 is 11.8 Å². The topological polar surface area (TPSA) is 40.6 Å². The SMILES string of the molecule is CC(C)C(=O)N1CCCN(C(=O)[C@@H]2C[C@H]3CC[C@@H]2C3)CC1. The van der Waals surface area contributed by atoms with Crippen LogP contribution in [0.4, 0.5) is 0 Å². The minimum atomic E-state index is 0.0535. The largest absolute Gasteiger partial charge is 0.341 e. The van der Waals surface area contributed by atoms with E-state index < -0.39 is 0 Å². The Morgan fingerprint density at radius 2 is 1.67 bits per heavy atom. The van der Waals surface area contributed by atoms with Gasteiger partial charge in [0.1, 0.15) is 0 Å². The Labute approximate surface area is 127 Å². The van der Waals surface area contributed by atoms with Gasteiger partial charge in [0.25, 0.3) is 0 Å². The predicted octanol–water partition coefficient (Wildman–Crippen LogP) is 2.14. The first-order valence-electron chi connectivity index (χ1n) is 8.64. The van der Waals surface area contributed by atoms with Crippen molar-refractivity contribution in [2.45, 2.75) is 46.0 Å². The molecule has 118 valence electrons. The smallest absolute Gasteiger partial charge is 0.226 e. The Hall–Kier alpha value is -1.06. The second-order valence-corrected chi connectivity index (χ2v) is 7.44. The molecular formula is C17H28N2O2. The summed E-state index contributed by atoms with van der Waals surface area (Å²) in [5, 5.41) is 0. The van der Waals surface area contributed by atoms with E-state index >= 15 is 0 Å². The van der Waals surface area contributed by atoms with E-state index in [9.17, 15) is 9.59 Å².